The van der Waals surface area contributed by atoms with Crippen LogP contribution in [0.15, 0.2) is 12.1 Å². The number of halogens is 1. The molecule has 0 saturated carbocycles. The summed E-state index contributed by atoms with van der Waals surface area (Å²) < 4.78 is 13.3. The van der Waals surface area contributed by atoms with Gasteiger partial charge in [-0.15, -0.1) is 0 Å². The van der Waals surface area contributed by atoms with E-state index < -0.39 is 11.8 Å². The van der Waals surface area contributed by atoms with Crippen molar-refractivity contribution in [1.82, 2.24) is 0 Å². The molecule has 1 N–H and O–H groups in total. The minimum atomic E-state index is -1.21. The highest BCUT2D eigenvalue weighted by Crippen LogP contribution is 2.32. The zero-order valence-corrected chi connectivity index (χ0v) is 9.36. The molecule has 5 heteroatoms. The Hall–Kier alpha value is -1.91. The number of hydrogen-bond acceptors (Lipinski definition) is 2. The van der Waals surface area contributed by atoms with Crippen molar-refractivity contribution in [3.63, 3.8) is 0 Å². The van der Waals surface area contributed by atoms with E-state index in [1.54, 1.807) is 0 Å². The molecule has 0 unspecified atom stereocenters. The van der Waals surface area contributed by atoms with E-state index >= 15 is 0 Å². The summed E-state index contributed by atoms with van der Waals surface area (Å²) in [6.45, 7) is 1.86. The summed E-state index contributed by atoms with van der Waals surface area (Å²) in [6, 6.07) is 2.26. The molecule has 0 saturated heterocycles. The van der Waals surface area contributed by atoms with Gasteiger partial charge in [0.05, 0.1) is 11.3 Å². The fourth-order valence-electron chi connectivity index (χ4n) is 2.18. The first-order valence-electron chi connectivity index (χ1n) is 5.34. The molecular weight excluding hydrogens is 225 g/mol. The quantitative estimate of drug-likeness (QED) is 0.810. The zero-order chi connectivity index (χ0) is 12.6. The number of hydrogen-bond donors (Lipinski definition) is 1. The lowest BCUT2D eigenvalue weighted by Gasteiger charge is -2.29. The summed E-state index contributed by atoms with van der Waals surface area (Å²) in [7, 11) is 0. The summed E-state index contributed by atoms with van der Waals surface area (Å²) in [6.07, 6.45) is 1.31. The molecule has 0 aromatic heterocycles. The Bertz CT molecular complexity index is 499. The molecule has 0 spiro atoms. The molecule has 0 bridgehead atoms. The van der Waals surface area contributed by atoms with Gasteiger partial charge in [0, 0.05) is 13.5 Å². The number of carbonyl (C=O) groups is 2. The van der Waals surface area contributed by atoms with Crippen LogP contribution < -0.4 is 4.90 Å². The minimum absolute atomic E-state index is 0.144. The summed E-state index contributed by atoms with van der Waals surface area (Å²) >= 11 is 0. The van der Waals surface area contributed by atoms with Crippen LogP contribution in [0.4, 0.5) is 10.1 Å². The lowest BCUT2D eigenvalue weighted by Crippen LogP contribution is -2.35. The van der Waals surface area contributed by atoms with E-state index in [4.69, 9.17) is 5.11 Å². The first-order chi connectivity index (χ1) is 8.00. The molecule has 1 aromatic carbocycles. The lowest BCUT2D eigenvalue weighted by molar-refractivity contribution is -0.116. The van der Waals surface area contributed by atoms with Gasteiger partial charge < -0.3 is 10.0 Å². The molecular formula is C12H12FNO3. The van der Waals surface area contributed by atoms with E-state index in [2.05, 4.69) is 0 Å². The number of carbonyl (C=O) groups excluding carboxylic acids is 1. The van der Waals surface area contributed by atoms with Crippen LogP contribution in [-0.2, 0) is 11.2 Å². The Morgan fingerprint density at radius 3 is 2.71 bits per heavy atom. The third-order valence-corrected chi connectivity index (χ3v) is 2.86. The molecule has 17 heavy (non-hydrogen) atoms. The molecule has 0 aliphatic carbocycles. The molecule has 1 aromatic rings. The van der Waals surface area contributed by atoms with E-state index in [1.807, 2.05) is 0 Å². The summed E-state index contributed by atoms with van der Waals surface area (Å²) in [4.78, 5) is 24.0. The van der Waals surface area contributed by atoms with Gasteiger partial charge in [-0.3, -0.25) is 4.79 Å². The van der Waals surface area contributed by atoms with Gasteiger partial charge in [0.1, 0.15) is 5.82 Å². The highest BCUT2D eigenvalue weighted by atomic mass is 19.1. The summed E-state index contributed by atoms with van der Waals surface area (Å²) in [5.74, 6) is -2.01. The van der Waals surface area contributed by atoms with Crippen molar-refractivity contribution in [3.05, 3.63) is 29.1 Å². The van der Waals surface area contributed by atoms with E-state index in [-0.39, 0.29) is 11.5 Å². The maximum Gasteiger partial charge on any atom is 0.337 e. The van der Waals surface area contributed by atoms with Gasteiger partial charge in [0.2, 0.25) is 5.91 Å². The van der Waals surface area contributed by atoms with E-state index in [0.717, 1.165) is 12.5 Å². The summed E-state index contributed by atoms with van der Waals surface area (Å²) in [5, 5.41) is 9.06. The van der Waals surface area contributed by atoms with Crippen LogP contribution >= 0.6 is 0 Å². The van der Waals surface area contributed by atoms with Crippen molar-refractivity contribution in [1.29, 1.82) is 0 Å². The Morgan fingerprint density at radius 1 is 1.41 bits per heavy atom. The number of rotatable bonds is 1. The molecule has 1 aliphatic heterocycles. The van der Waals surface area contributed by atoms with Crippen molar-refractivity contribution in [2.45, 2.75) is 19.8 Å². The van der Waals surface area contributed by atoms with E-state index in [9.17, 15) is 14.0 Å². The van der Waals surface area contributed by atoms with Crippen LogP contribution in [0.25, 0.3) is 0 Å². The first-order valence-corrected chi connectivity index (χ1v) is 5.34. The number of amides is 1. The fourth-order valence-corrected chi connectivity index (χ4v) is 2.18. The highest BCUT2D eigenvalue weighted by molar-refractivity contribution is 6.02. The number of anilines is 1. The number of nitrogens with zero attached hydrogens (tertiary/aromatic N) is 1. The van der Waals surface area contributed by atoms with Gasteiger partial charge in [-0.1, -0.05) is 0 Å². The normalized spacial score (nSPS) is 14.4. The van der Waals surface area contributed by atoms with Gasteiger partial charge in [-0.2, -0.15) is 0 Å². The first kappa shape index (κ1) is 11.6. The molecule has 0 atom stereocenters. The molecule has 1 heterocycles. The SMILES string of the molecule is CC(=O)N1CCCc2cc(F)cc(C(=O)O)c21. The number of carboxylic acids is 1. The molecule has 1 amide bonds. The Morgan fingerprint density at radius 2 is 2.12 bits per heavy atom. The Balaban J connectivity index is 2.65. The second-order valence-electron chi connectivity index (χ2n) is 4.04. The predicted molar refractivity (Wildman–Crippen MR) is 59.7 cm³/mol. The van der Waals surface area contributed by atoms with Crippen LogP contribution in [0.2, 0.25) is 0 Å². The van der Waals surface area contributed by atoms with Gasteiger partial charge in [-0.25, -0.2) is 9.18 Å². The van der Waals surface area contributed by atoms with Crippen LogP contribution in [0.5, 0.6) is 0 Å². The summed E-state index contributed by atoms with van der Waals surface area (Å²) in [5.41, 5.74) is 0.788. The monoisotopic (exact) mass is 237 g/mol. The average molecular weight is 237 g/mol. The van der Waals surface area contributed by atoms with Crippen molar-refractivity contribution >= 4 is 17.6 Å². The third kappa shape index (κ3) is 2.00. The smallest absolute Gasteiger partial charge is 0.337 e. The van der Waals surface area contributed by atoms with Crippen molar-refractivity contribution in [2.24, 2.45) is 0 Å². The van der Waals surface area contributed by atoms with Gasteiger partial charge >= 0.3 is 5.97 Å². The molecule has 90 valence electrons. The van der Waals surface area contributed by atoms with Crippen LogP contribution in [0, 0.1) is 5.82 Å². The van der Waals surface area contributed by atoms with Gasteiger partial charge in [0.25, 0.3) is 0 Å². The largest absolute Gasteiger partial charge is 0.478 e. The molecule has 0 fully saturated rings. The Kier molecular flexibility index (Phi) is 2.83. The number of carboxylic acid groups (broad SMARTS) is 1. The van der Waals surface area contributed by atoms with Crippen LogP contribution in [0.3, 0.4) is 0 Å². The minimum Gasteiger partial charge on any atom is -0.478 e. The second kappa shape index (κ2) is 4.16. The van der Waals surface area contributed by atoms with E-state index in [1.165, 1.54) is 17.9 Å². The highest BCUT2D eigenvalue weighted by Gasteiger charge is 2.26. The van der Waals surface area contributed by atoms with E-state index in [0.29, 0.717) is 24.2 Å². The zero-order valence-electron chi connectivity index (χ0n) is 9.36. The molecule has 2 rings (SSSR count). The van der Waals surface area contributed by atoms with Gasteiger partial charge in [-0.05, 0) is 30.5 Å². The maximum atomic E-state index is 13.3. The Labute approximate surface area is 97.7 Å². The average Bonchev–Trinajstić information content (AvgIpc) is 2.26. The standard InChI is InChI=1S/C12H12FNO3/c1-7(15)14-4-2-3-8-5-9(13)6-10(11(8)14)12(16)17/h5-6H,2-4H2,1H3,(H,16,17). The lowest BCUT2D eigenvalue weighted by atomic mass is 9.97. The number of aryl methyl sites for hydroxylation is 1. The molecule has 4 nitrogen and oxygen atoms in total. The second-order valence-corrected chi connectivity index (χ2v) is 4.04. The number of aromatic carboxylic acids is 1. The van der Waals surface area contributed by atoms with Crippen LogP contribution in [-0.4, -0.2) is 23.5 Å². The number of benzene rings is 1. The van der Waals surface area contributed by atoms with Crippen LogP contribution in [0.1, 0.15) is 29.3 Å². The predicted octanol–water partition coefficient (Wildman–Crippen LogP) is 1.82. The van der Waals surface area contributed by atoms with Crippen molar-refractivity contribution in [2.75, 3.05) is 11.4 Å². The van der Waals surface area contributed by atoms with Gasteiger partial charge in [0.15, 0.2) is 0 Å². The maximum absolute atomic E-state index is 13.3. The fraction of sp³-hybridized carbons (Fsp3) is 0.333. The van der Waals surface area contributed by atoms with Crippen molar-refractivity contribution < 1.29 is 19.1 Å². The molecule has 1 aliphatic rings. The third-order valence-electron chi connectivity index (χ3n) is 2.86. The topological polar surface area (TPSA) is 57.6 Å². The number of fused-ring (bicyclic) bond motifs is 1. The van der Waals surface area contributed by atoms with Crippen molar-refractivity contribution in [3.8, 4) is 0 Å². The molecule has 0 radical (unpaired) electrons.